The van der Waals surface area contributed by atoms with Gasteiger partial charge in [-0.2, -0.15) is 0 Å². The number of halogens is 1. The molecule has 0 bridgehead atoms. The van der Waals surface area contributed by atoms with Crippen LogP contribution in [0, 0.1) is 5.92 Å². The molecule has 2 N–H and O–H groups in total. The smallest absolute Gasteiger partial charge is 0.230 e. The highest BCUT2D eigenvalue weighted by atomic mass is 35.5. The summed E-state index contributed by atoms with van der Waals surface area (Å²) in [6, 6.07) is 8.08. The van der Waals surface area contributed by atoms with Crippen LogP contribution in [0.3, 0.4) is 0 Å². The Morgan fingerprint density at radius 1 is 1.36 bits per heavy atom. The number of amides is 1. The molecule has 3 rings (SSSR count). The van der Waals surface area contributed by atoms with Crippen molar-refractivity contribution in [3.8, 4) is 5.75 Å². The van der Waals surface area contributed by atoms with Crippen LogP contribution >= 0.6 is 12.4 Å². The fourth-order valence-corrected chi connectivity index (χ4v) is 3.68. The van der Waals surface area contributed by atoms with E-state index in [1.165, 1.54) is 0 Å². The quantitative estimate of drug-likeness (QED) is 0.909. The van der Waals surface area contributed by atoms with Crippen molar-refractivity contribution in [3.63, 3.8) is 0 Å². The van der Waals surface area contributed by atoms with E-state index in [1.807, 2.05) is 29.2 Å². The number of hydrogen-bond acceptors (Lipinski definition) is 3. The van der Waals surface area contributed by atoms with Gasteiger partial charge in [0.2, 0.25) is 5.91 Å². The third-order valence-electron chi connectivity index (χ3n) is 4.90. The van der Waals surface area contributed by atoms with Crippen LogP contribution in [0.2, 0.25) is 0 Å². The molecular weight excluding hydrogens is 300 g/mol. The Kier molecular flexibility index (Phi) is 5.70. The van der Waals surface area contributed by atoms with E-state index in [1.54, 1.807) is 0 Å². The first-order valence-electron chi connectivity index (χ1n) is 7.94. The molecule has 0 radical (unpaired) electrons. The highest BCUT2D eigenvalue weighted by molar-refractivity contribution is 5.85. The third-order valence-corrected chi connectivity index (χ3v) is 4.90. The van der Waals surface area contributed by atoms with Crippen molar-refractivity contribution in [2.24, 2.45) is 11.7 Å². The molecule has 0 spiro atoms. The number of rotatable bonds is 2. The molecule has 3 unspecified atom stereocenters. The lowest BCUT2D eigenvalue weighted by Crippen LogP contribution is -2.53. The monoisotopic (exact) mass is 324 g/mol. The Hall–Kier alpha value is -1.26. The maximum Gasteiger partial charge on any atom is 0.230 e. The zero-order valence-electron chi connectivity index (χ0n) is 13.0. The number of carbonyl (C=O) groups excluding carboxylic acids is 1. The summed E-state index contributed by atoms with van der Waals surface area (Å²) in [5, 5.41) is 0. The zero-order chi connectivity index (χ0) is 14.8. The molecule has 0 aromatic heterocycles. The molecule has 1 aromatic carbocycles. The van der Waals surface area contributed by atoms with E-state index in [9.17, 15) is 4.79 Å². The highest BCUT2D eigenvalue weighted by Gasteiger charge is 2.36. The standard InChI is InChI=1S/C17H24N2O2.ClH/c1-12-5-4-9-19(15(12)11-18)17(20)14-8-10-21-16-7-3-2-6-13(14)16;/h2-3,6-7,12,14-15H,4-5,8-11,18H2,1H3;1H. The van der Waals surface area contributed by atoms with Crippen LogP contribution in [-0.4, -0.2) is 36.5 Å². The number of carbonyl (C=O) groups is 1. The highest BCUT2D eigenvalue weighted by Crippen LogP contribution is 2.36. The number of hydrogen-bond donors (Lipinski definition) is 1. The van der Waals surface area contributed by atoms with E-state index >= 15 is 0 Å². The summed E-state index contributed by atoms with van der Waals surface area (Å²) in [6.07, 6.45) is 3.00. The first-order chi connectivity index (χ1) is 10.2. The second-order valence-corrected chi connectivity index (χ2v) is 6.18. The van der Waals surface area contributed by atoms with E-state index in [4.69, 9.17) is 10.5 Å². The van der Waals surface area contributed by atoms with Gasteiger partial charge in [-0.1, -0.05) is 25.1 Å². The van der Waals surface area contributed by atoms with Crippen molar-refractivity contribution in [1.82, 2.24) is 4.90 Å². The molecule has 2 aliphatic heterocycles. The van der Waals surface area contributed by atoms with Crippen molar-refractivity contribution >= 4 is 18.3 Å². The number of fused-ring (bicyclic) bond motifs is 1. The molecular formula is C17H25ClN2O2. The van der Waals surface area contributed by atoms with Crippen LogP contribution in [0.1, 0.15) is 37.7 Å². The topological polar surface area (TPSA) is 55.6 Å². The normalized spacial score (nSPS) is 27.4. The van der Waals surface area contributed by atoms with Crippen LogP contribution in [0.5, 0.6) is 5.75 Å². The summed E-state index contributed by atoms with van der Waals surface area (Å²) >= 11 is 0. The number of nitrogens with two attached hydrogens (primary N) is 1. The maximum atomic E-state index is 13.0. The first kappa shape index (κ1) is 17.1. The van der Waals surface area contributed by atoms with Crippen LogP contribution in [0.15, 0.2) is 24.3 Å². The number of nitrogens with zero attached hydrogens (tertiary/aromatic N) is 1. The van der Waals surface area contributed by atoms with Crippen LogP contribution in [-0.2, 0) is 4.79 Å². The Balaban J connectivity index is 0.00000176. The molecule has 1 saturated heterocycles. The molecule has 3 atom stereocenters. The van der Waals surface area contributed by atoms with E-state index < -0.39 is 0 Å². The third kappa shape index (κ3) is 3.08. The molecule has 2 heterocycles. The van der Waals surface area contributed by atoms with E-state index in [0.29, 0.717) is 19.1 Å². The van der Waals surface area contributed by atoms with Crippen molar-refractivity contribution in [1.29, 1.82) is 0 Å². The van der Waals surface area contributed by atoms with E-state index in [-0.39, 0.29) is 30.3 Å². The Bertz CT molecular complexity index is 523. The van der Waals surface area contributed by atoms with Crippen molar-refractivity contribution in [3.05, 3.63) is 29.8 Å². The van der Waals surface area contributed by atoms with Crippen LogP contribution in [0.4, 0.5) is 0 Å². The summed E-state index contributed by atoms with van der Waals surface area (Å²) in [7, 11) is 0. The largest absolute Gasteiger partial charge is 0.493 e. The van der Waals surface area contributed by atoms with Crippen LogP contribution < -0.4 is 10.5 Å². The first-order valence-corrected chi connectivity index (χ1v) is 7.94. The molecule has 1 aromatic rings. The van der Waals surface area contributed by atoms with Gasteiger partial charge in [0.15, 0.2) is 0 Å². The fourth-order valence-electron chi connectivity index (χ4n) is 3.68. The predicted octanol–water partition coefficient (Wildman–Crippen LogP) is 2.56. The van der Waals surface area contributed by atoms with Gasteiger partial charge >= 0.3 is 0 Å². The summed E-state index contributed by atoms with van der Waals surface area (Å²) in [5.41, 5.74) is 6.96. The maximum absolute atomic E-state index is 13.0. The SMILES string of the molecule is CC1CCCN(C(=O)C2CCOc3ccccc32)C1CN.Cl. The average molecular weight is 325 g/mol. The Labute approximate surface area is 138 Å². The molecule has 0 aliphatic carbocycles. The summed E-state index contributed by atoms with van der Waals surface area (Å²) in [4.78, 5) is 15.1. The molecule has 2 aliphatic rings. The Morgan fingerprint density at radius 3 is 2.91 bits per heavy atom. The lowest BCUT2D eigenvalue weighted by atomic mass is 9.86. The number of piperidine rings is 1. The summed E-state index contributed by atoms with van der Waals surface area (Å²) in [6.45, 7) is 4.21. The van der Waals surface area contributed by atoms with Gasteiger partial charge in [-0.25, -0.2) is 0 Å². The van der Waals surface area contributed by atoms with Crippen molar-refractivity contribution in [2.75, 3.05) is 19.7 Å². The lowest BCUT2D eigenvalue weighted by molar-refractivity contribution is -0.138. The second kappa shape index (κ2) is 7.34. The minimum Gasteiger partial charge on any atom is -0.493 e. The van der Waals surface area contributed by atoms with Gasteiger partial charge in [-0.15, -0.1) is 12.4 Å². The van der Waals surface area contributed by atoms with Crippen molar-refractivity contribution < 1.29 is 9.53 Å². The number of benzene rings is 1. The summed E-state index contributed by atoms with van der Waals surface area (Å²) in [5.74, 6) is 1.50. The average Bonchev–Trinajstić information content (AvgIpc) is 2.53. The molecule has 122 valence electrons. The van der Waals surface area contributed by atoms with E-state index in [0.717, 1.165) is 37.1 Å². The van der Waals surface area contributed by atoms with Crippen molar-refractivity contribution in [2.45, 2.75) is 38.1 Å². The van der Waals surface area contributed by atoms with Gasteiger partial charge in [0.25, 0.3) is 0 Å². The minimum atomic E-state index is -0.0747. The van der Waals surface area contributed by atoms with Gasteiger partial charge in [0.05, 0.1) is 12.5 Å². The fraction of sp³-hybridized carbons (Fsp3) is 0.588. The van der Waals surface area contributed by atoms with Gasteiger partial charge in [0, 0.05) is 24.7 Å². The van der Waals surface area contributed by atoms with Gasteiger partial charge < -0.3 is 15.4 Å². The second-order valence-electron chi connectivity index (χ2n) is 6.18. The zero-order valence-corrected chi connectivity index (χ0v) is 13.8. The Morgan fingerprint density at radius 2 is 2.14 bits per heavy atom. The summed E-state index contributed by atoms with van der Waals surface area (Å²) < 4.78 is 5.67. The molecule has 22 heavy (non-hydrogen) atoms. The number of para-hydroxylation sites is 1. The molecule has 0 saturated carbocycles. The lowest BCUT2D eigenvalue weighted by Gasteiger charge is -2.41. The number of likely N-dealkylation sites (tertiary alicyclic amines) is 1. The number of ether oxygens (including phenoxy) is 1. The predicted molar refractivity (Wildman–Crippen MR) is 89.5 cm³/mol. The van der Waals surface area contributed by atoms with Gasteiger partial charge in [-0.3, -0.25) is 4.79 Å². The minimum absolute atomic E-state index is 0. The van der Waals surface area contributed by atoms with Crippen LogP contribution in [0.25, 0.3) is 0 Å². The molecule has 4 nitrogen and oxygen atoms in total. The van der Waals surface area contributed by atoms with Gasteiger partial charge in [-0.05, 0) is 31.2 Å². The molecule has 1 fully saturated rings. The molecule has 1 amide bonds. The van der Waals surface area contributed by atoms with E-state index in [2.05, 4.69) is 6.92 Å². The molecule has 5 heteroatoms. The van der Waals surface area contributed by atoms with Gasteiger partial charge in [0.1, 0.15) is 5.75 Å².